The van der Waals surface area contributed by atoms with Crippen molar-refractivity contribution in [3.63, 3.8) is 0 Å². The molecular weight excluding hydrogens is 430 g/mol. The Bertz CT molecular complexity index is 1350. The lowest BCUT2D eigenvalue weighted by molar-refractivity contribution is -0.0267. The third kappa shape index (κ3) is 3.61. The number of Topliss-reactive ketones (excluding diaryl/α,β-unsaturated/α-hetero) is 1. The standard InChI is InChI=1S/C26H27N5O3/c1-28-23(15-20(27)24(32)18-16-30(2)22-10-6-3-7-17(18)22)31-13-11-26(12-14-31)19-8-4-5-9-21(19)29-25(33)34-26/h3-10,15-16H,11-14,27H2,1-2H3,(H,29,33)/b20-15-,28-23?. The van der Waals surface area contributed by atoms with Gasteiger partial charge in [-0.3, -0.25) is 15.1 Å². The molecule has 0 unspecified atom stereocenters. The summed E-state index contributed by atoms with van der Waals surface area (Å²) in [6.45, 7) is 1.22. The molecule has 8 nitrogen and oxygen atoms in total. The summed E-state index contributed by atoms with van der Waals surface area (Å²) in [5, 5.41) is 3.65. The smallest absolute Gasteiger partial charge is 0.412 e. The third-order valence-corrected chi connectivity index (χ3v) is 6.76. The highest BCUT2D eigenvalue weighted by Gasteiger charge is 2.44. The van der Waals surface area contributed by atoms with Gasteiger partial charge in [0.25, 0.3) is 0 Å². The molecule has 1 aromatic heterocycles. The van der Waals surface area contributed by atoms with Crippen LogP contribution in [0.25, 0.3) is 10.9 Å². The molecule has 2 aromatic carbocycles. The number of piperidine rings is 1. The first-order chi connectivity index (χ1) is 16.4. The monoisotopic (exact) mass is 457 g/mol. The van der Waals surface area contributed by atoms with E-state index in [2.05, 4.69) is 15.2 Å². The van der Waals surface area contributed by atoms with Gasteiger partial charge in [0, 0.05) is 74.3 Å². The predicted molar refractivity (Wildman–Crippen MR) is 132 cm³/mol. The first-order valence-electron chi connectivity index (χ1n) is 11.3. The molecule has 1 fully saturated rings. The molecule has 3 N–H and O–H groups in total. The highest BCUT2D eigenvalue weighted by atomic mass is 16.6. The van der Waals surface area contributed by atoms with Crippen LogP contribution in [0.15, 0.2) is 71.5 Å². The molecule has 2 aliphatic heterocycles. The lowest BCUT2D eigenvalue weighted by atomic mass is 9.82. The highest BCUT2D eigenvalue weighted by molar-refractivity contribution is 6.17. The minimum absolute atomic E-state index is 0.135. The number of carbonyl (C=O) groups excluding carboxylic acids is 2. The first kappa shape index (κ1) is 21.8. The second-order valence-corrected chi connectivity index (χ2v) is 8.72. The van der Waals surface area contributed by atoms with Crippen LogP contribution in [0.4, 0.5) is 10.5 Å². The lowest BCUT2D eigenvalue weighted by Crippen LogP contribution is -2.49. The van der Waals surface area contributed by atoms with Crippen LogP contribution in [-0.4, -0.2) is 47.3 Å². The minimum Gasteiger partial charge on any atom is -0.438 e. The number of hydrogen-bond acceptors (Lipinski definition) is 5. The van der Waals surface area contributed by atoms with Crippen molar-refractivity contribution in [3.8, 4) is 0 Å². The van der Waals surface area contributed by atoms with Crippen molar-refractivity contribution in [3.05, 3.63) is 77.6 Å². The fourth-order valence-electron chi connectivity index (χ4n) is 5.01. The molecule has 174 valence electrons. The number of carbonyl (C=O) groups is 2. The van der Waals surface area contributed by atoms with Gasteiger partial charge in [-0.2, -0.15) is 0 Å². The van der Waals surface area contributed by atoms with Crippen molar-refractivity contribution >= 4 is 34.3 Å². The Balaban J connectivity index is 1.36. The van der Waals surface area contributed by atoms with Crippen molar-refractivity contribution in [1.82, 2.24) is 9.47 Å². The zero-order valence-corrected chi connectivity index (χ0v) is 19.2. The van der Waals surface area contributed by atoms with Crippen molar-refractivity contribution in [2.24, 2.45) is 17.8 Å². The number of anilines is 1. The number of allylic oxidation sites excluding steroid dienone is 1. The average molecular weight is 458 g/mol. The molecule has 5 rings (SSSR count). The number of hydrogen-bond donors (Lipinski definition) is 2. The number of aromatic nitrogens is 1. The molecule has 0 atom stereocenters. The number of rotatable bonds is 3. The summed E-state index contributed by atoms with van der Waals surface area (Å²) in [6.07, 6.45) is 4.25. The van der Waals surface area contributed by atoms with Gasteiger partial charge in [-0.25, -0.2) is 4.79 Å². The molecule has 0 radical (unpaired) electrons. The van der Waals surface area contributed by atoms with Gasteiger partial charge < -0.3 is 19.9 Å². The maximum absolute atomic E-state index is 13.2. The van der Waals surface area contributed by atoms with Crippen molar-refractivity contribution in [2.75, 3.05) is 25.5 Å². The van der Waals surface area contributed by atoms with E-state index in [4.69, 9.17) is 10.5 Å². The van der Waals surface area contributed by atoms with Crippen LogP contribution in [0.1, 0.15) is 28.8 Å². The van der Waals surface area contributed by atoms with Crippen LogP contribution in [0.3, 0.4) is 0 Å². The van der Waals surface area contributed by atoms with Crippen LogP contribution in [-0.2, 0) is 17.4 Å². The lowest BCUT2D eigenvalue weighted by Gasteiger charge is -2.44. The normalized spacial score (nSPS) is 17.9. The number of ether oxygens (including phenoxy) is 1. The summed E-state index contributed by atoms with van der Waals surface area (Å²) < 4.78 is 7.73. The number of ketones is 1. The average Bonchev–Trinajstić information content (AvgIpc) is 3.19. The number of fused-ring (bicyclic) bond motifs is 3. The molecular formula is C26H27N5O3. The predicted octanol–water partition coefficient (Wildman–Crippen LogP) is 3.79. The zero-order valence-electron chi connectivity index (χ0n) is 19.2. The van der Waals surface area contributed by atoms with Crippen LogP contribution in [0.2, 0.25) is 0 Å². The quantitative estimate of drug-likeness (QED) is 0.270. The van der Waals surface area contributed by atoms with E-state index in [0.717, 1.165) is 22.2 Å². The summed E-state index contributed by atoms with van der Waals surface area (Å²) in [5.41, 5.74) is 9.06. The number of aryl methyl sites for hydroxylation is 1. The van der Waals surface area contributed by atoms with Gasteiger partial charge in [-0.05, 0) is 12.1 Å². The first-order valence-corrected chi connectivity index (χ1v) is 11.3. The molecule has 0 aliphatic carbocycles. The second-order valence-electron chi connectivity index (χ2n) is 8.72. The van der Waals surface area contributed by atoms with Crippen LogP contribution < -0.4 is 11.1 Å². The van der Waals surface area contributed by atoms with E-state index in [1.165, 1.54) is 0 Å². The summed E-state index contributed by atoms with van der Waals surface area (Å²) in [6, 6.07) is 15.5. The molecule has 34 heavy (non-hydrogen) atoms. The maximum atomic E-state index is 13.2. The van der Waals surface area contributed by atoms with Gasteiger partial charge in [0.2, 0.25) is 5.78 Å². The van der Waals surface area contributed by atoms with E-state index in [9.17, 15) is 9.59 Å². The summed E-state index contributed by atoms with van der Waals surface area (Å²) in [7, 11) is 3.60. The van der Waals surface area contributed by atoms with Gasteiger partial charge in [0.05, 0.1) is 11.4 Å². The summed E-state index contributed by atoms with van der Waals surface area (Å²) in [5.74, 6) is 0.405. The molecule has 3 heterocycles. The topological polar surface area (TPSA) is 102 Å². The number of amidine groups is 1. The Morgan fingerprint density at radius 2 is 1.85 bits per heavy atom. The summed E-state index contributed by atoms with van der Waals surface area (Å²) in [4.78, 5) is 31.8. The molecule has 8 heteroatoms. The molecule has 2 aliphatic rings. The fourth-order valence-corrected chi connectivity index (χ4v) is 5.01. The number of amides is 1. The maximum Gasteiger partial charge on any atom is 0.412 e. The van der Waals surface area contributed by atoms with Gasteiger partial charge in [0.1, 0.15) is 11.4 Å². The molecule has 1 spiro atoms. The van der Waals surface area contributed by atoms with Crippen molar-refractivity contribution < 1.29 is 14.3 Å². The third-order valence-electron chi connectivity index (χ3n) is 6.76. The Hall–Kier alpha value is -4.07. The van der Waals surface area contributed by atoms with Crippen LogP contribution >= 0.6 is 0 Å². The number of aliphatic imine (C=N–C) groups is 1. The number of benzene rings is 2. The van der Waals surface area contributed by atoms with Crippen molar-refractivity contribution in [1.29, 1.82) is 0 Å². The Morgan fingerprint density at radius 3 is 2.62 bits per heavy atom. The fraction of sp³-hybridized carbons (Fsp3) is 0.269. The molecule has 1 saturated heterocycles. The highest BCUT2D eigenvalue weighted by Crippen LogP contribution is 2.43. The second kappa shape index (κ2) is 8.37. The van der Waals surface area contributed by atoms with Crippen molar-refractivity contribution in [2.45, 2.75) is 18.4 Å². The number of nitrogens with zero attached hydrogens (tertiary/aromatic N) is 3. The summed E-state index contributed by atoms with van der Waals surface area (Å²) >= 11 is 0. The van der Waals surface area contributed by atoms with E-state index < -0.39 is 11.7 Å². The van der Waals surface area contributed by atoms with E-state index >= 15 is 0 Å². The minimum atomic E-state index is -0.664. The van der Waals surface area contributed by atoms with Crippen LogP contribution in [0, 0.1) is 0 Å². The zero-order chi connectivity index (χ0) is 23.9. The Labute approximate surface area is 197 Å². The van der Waals surface area contributed by atoms with E-state index in [0.29, 0.717) is 37.3 Å². The largest absolute Gasteiger partial charge is 0.438 e. The molecule has 3 aromatic rings. The Kier molecular flexibility index (Phi) is 5.36. The van der Waals surface area contributed by atoms with E-state index in [1.54, 1.807) is 13.1 Å². The van der Waals surface area contributed by atoms with E-state index in [1.807, 2.05) is 66.3 Å². The van der Waals surface area contributed by atoms with Gasteiger partial charge in [-0.1, -0.05) is 36.4 Å². The molecule has 0 saturated carbocycles. The number of nitrogens with two attached hydrogens (primary N) is 1. The Morgan fingerprint density at radius 1 is 1.15 bits per heavy atom. The molecule has 1 amide bonds. The van der Waals surface area contributed by atoms with E-state index in [-0.39, 0.29) is 11.5 Å². The number of nitrogens with one attached hydrogen (secondary N) is 1. The molecule has 0 bridgehead atoms. The van der Waals surface area contributed by atoms with Gasteiger partial charge in [0.15, 0.2) is 0 Å². The van der Waals surface area contributed by atoms with Gasteiger partial charge >= 0.3 is 6.09 Å². The number of likely N-dealkylation sites (tertiary alicyclic amines) is 1. The van der Waals surface area contributed by atoms with Gasteiger partial charge in [-0.15, -0.1) is 0 Å². The number of para-hydroxylation sites is 2. The SMILES string of the molecule is CN=C(/C=C(\N)C(=O)c1cn(C)c2ccccc12)N1CCC2(CC1)OC(=O)Nc1ccccc12. The van der Waals surface area contributed by atoms with Crippen LogP contribution in [0.5, 0.6) is 0 Å².